The van der Waals surface area contributed by atoms with Crippen molar-refractivity contribution in [2.75, 3.05) is 33.4 Å². The summed E-state index contributed by atoms with van der Waals surface area (Å²) in [5, 5.41) is 9.71. The molecule has 0 radical (unpaired) electrons. The van der Waals surface area contributed by atoms with Crippen molar-refractivity contribution >= 4 is 5.97 Å². The number of aliphatic hydroxyl groups is 1. The monoisotopic (exact) mass is 309 g/mol. The third kappa shape index (κ3) is 8.77. The van der Waals surface area contributed by atoms with Crippen LogP contribution in [0, 0.1) is 0 Å². The van der Waals surface area contributed by atoms with E-state index < -0.39 is 6.10 Å². The molecule has 5 heteroatoms. The van der Waals surface area contributed by atoms with E-state index in [0.717, 1.165) is 12.1 Å². The van der Waals surface area contributed by atoms with Crippen LogP contribution in [0.3, 0.4) is 0 Å². The predicted molar refractivity (Wildman–Crippen MR) is 85.5 cm³/mol. The highest BCUT2D eigenvalue weighted by Gasteiger charge is 2.08. The van der Waals surface area contributed by atoms with E-state index in [1.165, 1.54) is 0 Å². The van der Waals surface area contributed by atoms with Gasteiger partial charge in [0.25, 0.3) is 0 Å². The van der Waals surface area contributed by atoms with Gasteiger partial charge in [-0.2, -0.15) is 0 Å². The number of likely N-dealkylation sites (N-methyl/N-ethyl adjacent to an activating group) is 1. The number of nitrogens with zero attached hydrogens (tertiary/aromatic N) is 1. The van der Waals surface area contributed by atoms with Gasteiger partial charge in [-0.25, -0.2) is 0 Å². The molecule has 1 rings (SSSR count). The number of benzene rings is 1. The molecule has 0 aromatic heterocycles. The van der Waals surface area contributed by atoms with Crippen LogP contribution in [0.1, 0.15) is 25.3 Å². The fourth-order valence-electron chi connectivity index (χ4n) is 1.89. The molecule has 0 fully saturated rings. The van der Waals surface area contributed by atoms with E-state index in [0.29, 0.717) is 39.2 Å². The lowest BCUT2D eigenvalue weighted by Gasteiger charge is -2.18. The summed E-state index contributed by atoms with van der Waals surface area (Å²) < 4.78 is 10.5. The van der Waals surface area contributed by atoms with Gasteiger partial charge in [-0.3, -0.25) is 4.79 Å². The van der Waals surface area contributed by atoms with E-state index in [1.54, 1.807) is 0 Å². The number of esters is 1. The fraction of sp³-hybridized carbons (Fsp3) is 0.588. The second-order valence-corrected chi connectivity index (χ2v) is 5.33. The molecule has 0 aliphatic rings. The van der Waals surface area contributed by atoms with Crippen molar-refractivity contribution in [1.29, 1.82) is 0 Å². The second kappa shape index (κ2) is 11.2. The van der Waals surface area contributed by atoms with Crippen LogP contribution in [0.4, 0.5) is 0 Å². The molecule has 0 amide bonds. The van der Waals surface area contributed by atoms with Crippen LogP contribution >= 0.6 is 0 Å². The number of aliphatic hydroxyl groups excluding tert-OH is 1. The van der Waals surface area contributed by atoms with Gasteiger partial charge in [0, 0.05) is 19.6 Å². The van der Waals surface area contributed by atoms with Gasteiger partial charge in [-0.05, 0) is 25.6 Å². The first kappa shape index (κ1) is 18.6. The highest BCUT2D eigenvalue weighted by Crippen LogP contribution is 2.03. The van der Waals surface area contributed by atoms with E-state index in [4.69, 9.17) is 9.47 Å². The minimum atomic E-state index is -0.491. The van der Waals surface area contributed by atoms with E-state index in [1.807, 2.05) is 49.2 Å². The molecule has 1 atom stereocenters. The Morgan fingerprint density at radius 2 is 2.05 bits per heavy atom. The Bertz CT molecular complexity index is 410. The predicted octanol–water partition coefficient (Wildman–Crippen LogP) is 1.84. The van der Waals surface area contributed by atoms with Crippen LogP contribution in [0.15, 0.2) is 30.3 Å². The molecule has 0 heterocycles. The number of carbonyl (C=O) groups excluding carboxylic acids is 1. The standard InChI is InChI=1S/C17H27NO4/c1-3-18(2)12-16(19)14-21-11-7-10-17(20)22-13-15-8-5-4-6-9-15/h4-6,8-9,16,19H,3,7,10-14H2,1-2H3. The van der Waals surface area contributed by atoms with E-state index >= 15 is 0 Å². The van der Waals surface area contributed by atoms with Gasteiger partial charge in [-0.15, -0.1) is 0 Å². The first-order chi connectivity index (χ1) is 10.6. The summed E-state index contributed by atoms with van der Waals surface area (Å²) in [6.45, 7) is 4.58. The lowest BCUT2D eigenvalue weighted by molar-refractivity contribution is -0.145. The van der Waals surface area contributed by atoms with Crippen molar-refractivity contribution in [1.82, 2.24) is 4.90 Å². The largest absolute Gasteiger partial charge is 0.461 e. The van der Waals surface area contributed by atoms with Crippen molar-refractivity contribution < 1.29 is 19.4 Å². The van der Waals surface area contributed by atoms with Gasteiger partial charge in [0.2, 0.25) is 0 Å². The average Bonchev–Trinajstić information content (AvgIpc) is 2.53. The highest BCUT2D eigenvalue weighted by molar-refractivity contribution is 5.69. The first-order valence-electron chi connectivity index (χ1n) is 7.75. The molecule has 1 unspecified atom stereocenters. The summed E-state index contributed by atoms with van der Waals surface area (Å²) in [6.07, 6.45) is 0.442. The van der Waals surface area contributed by atoms with Gasteiger partial charge in [0.05, 0.1) is 12.7 Å². The van der Waals surface area contributed by atoms with Crippen LogP contribution in [-0.2, 0) is 20.9 Å². The van der Waals surface area contributed by atoms with Crippen LogP contribution in [-0.4, -0.2) is 55.4 Å². The molecular formula is C17H27NO4. The number of carbonyl (C=O) groups is 1. The molecule has 1 N–H and O–H groups in total. The molecular weight excluding hydrogens is 282 g/mol. The number of hydrogen-bond acceptors (Lipinski definition) is 5. The Hall–Kier alpha value is -1.43. The van der Waals surface area contributed by atoms with Gasteiger partial charge >= 0.3 is 5.97 Å². The first-order valence-corrected chi connectivity index (χ1v) is 7.75. The molecule has 5 nitrogen and oxygen atoms in total. The Kier molecular flexibility index (Phi) is 9.46. The smallest absolute Gasteiger partial charge is 0.306 e. The van der Waals surface area contributed by atoms with Crippen LogP contribution in [0.25, 0.3) is 0 Å². The van der Waals surface area contributed by atoms with Gasteiger partial charge < -0.3 is 19.5 Å². The minimum Gasteiger partial charge on any atom is -0.461 e. The lowest BCUT2D eigenvalue weighted by Crippen LogP contribution is -2.32. The quantitative estimate of drug-likeness (QED) is 0.499. The number of rotatable bonds is 11. The summed E-state index contributed by atoms with van der Waals surface area (Å²) >= 11 is 0. The molecule has 0 spiro atoms. The summed E-state index contributed by atoms with van der Waals surface area (Å²) in [4.78, 5) is 13.6. The van der Waals surface area contributed by atoms with E-state index in [2.05, 4.69) is 0 Å². The van der Waals surface area contributed by atoms with Crippen molar-refractivity contribution in [3.8, 4) is 0 Å². The molecule has 124 valence electrons. The maximum Gasteiger partial charge on any atom is 0.306 e. The Morgan fingerprint density at radius 1 is 1.32 bits per heavy atom. The van der Waals surface area contributed by atoms with E-state index in [9.17, 15) is 9.90 Å². The summed E-state index contributed by atoms with van der Waals surface area (Å²) in [5.74, 6) is -0.223. The molecule has 0 aliphatic carbocycles. The summed E-state index contributed by atoms with van der Waals surface area (Å²) in [6, 6.07) is 9.60. The molecule has 0 saturated carbocycles. The third-order valence-electron chi connectivity index (χ3n) is 3.28. The zero-order valence-electron chi connectivity index (χ0n) is 13.5. The zero-order chi connectivity index (χ0) is 16.2. The van der Waals surface area contributed by atoms with Gasteiger partial charge in [-0.1, -0.05) is 37.3 Å². The van der Waals surface area contributed by atoms with Crippen molar-refractivity contribution in [3.05, 3.63) is 35.9 Å². The molecule has 0 aliphatic heterocycles. The minimum absolute atomic E-state index is 0.223. The number of ether oxygens (including phenoxy) is 2. The van der Waals surface area contributed by atoms with Crippen molar-refractivity contribution in [3.63, 3.8) is 0 Å². The Labute approximate surface area is 132 Å². The third-order valence-corrected chi connectivity index (χ3v) is 3.28. The SMILES string of the molecule is CCN(C)CC(O)COCCCC(=O)OCc1ccccc1. The van der Waals surface area contributed by atoms with Crippen LogP contribution in [0.5, 0.6) is 0 Å². The Balaban J connectivity index is 2.01. The molecule has 1 aromatic carbocycles. The van der Waals surface area contributed by atoms with E-state index in [-0.39, 0.29) is 5.97 Å². The Morgan fingerprint density at radius 3 is 2.73 bits per heavy atom. The van der Waals surface area contributed by atoms with Crippen molar-refractivity contribution in [2.45, 2.75) is 32.5 Å². The molecule has 1 aromatic rings. The summed E-state index contributed by atoms with van der Waals surface area (Å²) in [5.41, 5.74) is 0.982. The lowest BCUT2D eigenvalue weighted by atomic mass is 10.2. The average molecular weight is 309 g/mol. The fourth-order valence-corrected chi connectivity index (χ4v) is 1.89. The normalized spacial score (nSPS) is 12.4. The zero-order valence-corrected chi connectivity index (χ0v) is 13.5. The van der Waals surface area contributed by atoms with Crippen LogP contribution in [0.2, 0.25) is 0 Å². The number of hydrogen-bond donors (Lipinski definition) is 1. The molecule has 22 heavy (non-hydrogen) atoms. The summed E-state index contributed by atoms with van der Waals surface area (Å²) in [7, 11) is 1.95. The maximum atomic E-state index is 11.6. The topological polar surface area (TPSA) is 59.0 Å². The molecule has 0 saturated heterocycles. The van der Waals surface area contributed by atoms with Gasteiger partial charge in [0.15, 0.2) is 0 Å². The van der Waals surface area contributed by atoms with Crippen LogP contribution < -0.4 is 0 Å². The van der Waals surface area contributed by atoms with Crippen molar-refractivity contribution in [2.24, 2.45) is 0 Å². The second-order valence-electron chi connectivity index (χ2n) is 5.33. The molecule has 0 bridgehead atoms. The maximum absolute atomic E-state index is 11.6. The highest BCUT2D eigenvalue weighted by atomic mass is 16.5. The van der Waals surface area contributed by atoms with Gasteiger partial charge in [0.1, 0.15) is 6.61 Å².